The third kappa shape index (κ3) is 3.89. The van der Waals surface area contributed by atoms with Crippen molar-refractivity contribution in [2.45, 2.75) is 6.92 Å². The van der Waals surface area contributed by atoms with Crippen molar-refractivity contribution in [3.63, 3.8) is 0 Å². The molecule has 7 heteroatoms. The molecule has 0 radical (unpaired) electrons. The molecule has 2 heterocycles. The summed E-state index contributed by atoms with van der Waals surface area (Å²) in [5.74, 6) is -0.837. The van der Waals surface area contributed by atoms with Gasteiger partial charge in [-0.2, -0.15) is 5.10 Å². The predicted octanol–water partition coefficient (Wildman–Crippen LogP) is 1.91. The van der Waals surface area contributed by atoms with E-state index in [2.05, 4.69) is 15.7 Å². The van der Waals surface area contributed by atoms with Crippen LogP contribution in [0.2, 0.25) is 0 Å². The average Bonchev–Trinajstić information content (AvgIpc) is 3.04. The number of rotatable bonds is 5. The Labute approximate surface area is 143 Å². The molecule has 0 aliphatic heterocycles. The molecule has 25 heavy (non-hydrogen) atoms. The molecule has 0 aliphatic carbocycles. The van der Waals surface area contributed by atoms with Crippen molar-refractivity contribution >= 4 is 28.8 Å². The van der Waals surface area contributed by atoms with Gasteiger partial charge in [-0.3, -0.25) is 14.4 Å². The minimum atomic E-state index is -0.425. The molecule has 0 saturated heterocycles. The van der Waals surface area contributed by atoms with Gasteiger partial charge in [-0.15, -0.1) is 0 Å². The average molecular weight is 336 g/mol. The van der Waals surface area contributed by atoms with Crippen LogP contribution in [0.5, 0.6) is 0 Å². The van der Waals surface area contributed by atoms with E-state index < -0.39 is 5.91 Å². The molecule has 7 nitrogen and oxygen atoms in total. The third-order valence-electron chi connectivity index (χ3n) is 3.59. The van der Waals surface area contributed by atoms with Crippen LogP contribution in [0.4, 0.5) is 5.69 Å². The Morgan fingerprint density at radius 3 is 2.52 bits per heavy atom. The first kappa shape index (κ1) is 16.4. The number of Topliss-reactive ketones (excluding diaryl/α,β-unsaturated/α-hetero) is 1. The number of hydrogen-bond donors (Lipinski definition) is 2. The van der Waals surface area contributed by atoms with Gasteiger partial charge in [-0.05, 0) is 49.4 Å². The molecule has 0 fully saturated rings. The number of pyridine rings is 1. The zero-order valence-electron chi connectivity index (χ0n) is 13.5. The van der Waals surface area contributed by atoms with Crippen molar-refractivity contribution in [3.8, 4) is 0 Å². The second kappa shape index (κ2) is 6.96. The van der Waals surface area contributed by atoms with E-state index in [9.17, 15) is 14.4 Å². The van der Waals surface area contributed by atoms with E-state index >= 15 is 0 Å². The molecular weight excluding hydrogens is 320 g/mol. The van der Waals surface area contributed by atoms with Crippen molar-refractivity contribution in [2.24, 2.45) is 0 Å². The zero-order chi connectivity index (χ0) is 17.8. The summed E-state index contributed by atoms with van der Waals surface area (Å²) in [7, 11) is 0. The Bertz CT molecular complexity index is 911. The first-order valence-corrected chi connectivity index (χ1v) is 7.66. The van der Waals surface area contributed by atoms with Gasteiger partial charge in [0.25, 0.3) is 5.91 Å². The van der Waals surface area contributed by atoms with Gasteiger partial charge in [0.1, 0.15) is 0 Å². The maximum Gasteiger partial charge on any atom is 0.272 e. The molecule has 0 aliphatic rings. The summed E-state index contributed by atoms with van der Waals surface area (Å²) in [4.78, 5) is 35.2. The maximum absolute atomic E-state index is 12.1. The minimum Gasteiger partial charge on any atom is -0.342 e. The van der Waals surface area contributed by atoms with Gasteiger partial charge in [0.2, 0.25) is 5.91 Å². The number of nitrogens with zero attached hydrogens (tertiary/aromatic N) is 2. The van der Waals surface area contributed by atoms with Crippen LogP contribution >= 0.6 is 0 Å². The van der Waals surface area contributed by atoms with Crippen LogP contribution in [0.25, 0.3) is 5.52 Å². The Hall–Kier alpha value is -3.48. The van der Waals surface area contributed by atoms with E-state index in [4.69, 9.17) is 0 Å². The van der Waals surface area contributed by atoms with Crippen LogP contribution in [-0.4, -0.2) is 33.8 Å². The van der Waals surface area contributed by atoms with Crippen molar-refractivity contribution in [3.05, 3.63) is 66.0 Å². The molecular formula is C18H16N4O3. The van der Waals surface area contributed by atoms with Gasteiger partial charge in [0.05, 0.1) is 12.1 Å². The van der Waals surface area contributed by atoms with Crippen molar-refractivity contribution < 1.29 is 14.4 Å². The number of aromatic nitrogens is 2. The highest BCUT2D eigenvalue weighted by Crippen LogP contribution is 2.10. The Morgan fingerprint density at radius 1 is 1.08 bits per heavy atom. The number of fused-ring (bicyclic) bond motifs is 1. The van der Waals surface area contributed by atoms with Crippen LogP contribution in [-0.2, 0) is 4.79 Å². The van der Waals surface area contributed by atoms with Crippen LogP contribution < -0.4 is 10.6 Å². The molecule has 0 spiro atoms. The quantitative estimate of drug-likeness (QED) is 0.696. The number of anilines is 1. The van der Waals surface area contributed by atoms with E-state index in [1.165, 1.54) is 6.92 Å². The third-order valence-corrected chi connectivity index (χ3v) is 3.59. The van der Waals surface area contributed by atoms with Gasteiger partial charge in [0.15, 0.2) is 11.5 Å². The second-order valence-corrected chi connectivity index (χ2v) is 5.46. The predicted molar refractivity (Wildman–Crippen MR) is 92.6 cm³/mol. The fourth-order valence-corrected chi connectivity index (χ4v) is 2.29. The molecule has 2 amide bonds. The summed E-state index contributed by atoms with van der Waals surface area (Å²) in [6.07, 6.45) is 1.74. The summed E-state index contributed by atoms with van der Waals surface area (Å²) >= 11 is 0. The SMILES string of the molecule is CC(=O)c1ccc(NC(=O)CNC(=O)c2cc3ccccn3n2)cc1. The normalized spacial score (nSPS) is 10.4. The molecule has 3 aromatic rings. The Balaban J connectivity index is 1.56. The minimum absolute atomic E-state index is 0.0439. The highest BCUT2D eigenvalue weighted by atomic mass is 16.2. The molecule has 0 saturated carbocycles. The lowest BCUT2D eigenvalue weighted by atomic mass is 10.1. The molecule has 0 bridgehead atoms. The lowest BCUT2D eigenvalue weighted by Gasteiger charge is -2.06. The standard InChI is InChI=1S/C18H16N4O3/c1-12(23)13-5-7-14(8-6-13)20-17(24)11-19-18(25)16-10-15-4-2-3-9-22(15)21-16/h2-10H,11H2,1H3,(H,19,25)(H,20,24). The summed E-state index contributed by atoms with van der Waals surface area (Å²) < 4.78 is 1.59. The van der Waals surface area contributed by atoms with Crippen LogP contribution in [0.15, 0.2) is 54.7 Å². The number of benzene rings is 1. The van der Waals surface area contributed by atoms with Crippen molar-refractivity contribution in [2.75, 3.05) is 11.9 Å². The highest BCUT2D eigenvalue weighted by Gasteiger charge is 2.12. The fourth-order valence-electron chi connectivity index (χ4n) is 2.29. The molecule has 2 aromatic heterocycles. The van der Waals surface area contributed by atoms with E-state index in [-0.39, 0.29) is 23.9 Å². The van der Waals surface area contributed by atoms with Gasteiger partial charge in [-0.1, -0.05) is 6.07 Å². The second-order valence-electron chi connectivity index (χ2n) is 5.46. The molecule has 126 valence electrons. The largest absolute Gasteiger partial charge is 0.342 e. The summed E-state index contributed by atoms with van der Waals surface area (Å²) in [6, 6.07) is 13.7. The molecule has 0 atom stereocenters. The highest BCUT2D eigenvalue weighted by molar-refractivity contribution is 5.99. The van der Waals surface area contributed by atoms with Gasteiger partial charge in [0, 0.05) is 17.4 Å². The summed E-state index contributed by atoms with van der Waals surface area (Å²) in [5, 5.41) is 9.32. The monoisotopic (exact) mass is 336 g/mol. The van der Waals surface area contributed by atoms with Gasteiger partial charge < -0.3 is 10.6 Å². The van der Waals surface area contributed by atoms with Crippen LogP contribution in [0.3, 0.4) is 0 Å². The van der Waals surface area contributed by atoms with Crippen LogP contribution in [0, 0.1) is 0 Å². The van der Waals surface area contributed by atoms with E-state index in [0.717, 1.165) is 5.52 Å². The smallest absolute Gasteiger partial charge is 0.272 e. The first-order chi connectivity index (χ1) is 12.0. The maximum atomic E-state index is 12.1. The number of carbonyl (C=O) groups is 3. The number of nitrogens with one attached hydrogen (secondary N) is 2. The molecule has 3 rings (SSSR count). The van der Waals surface area contributed by atoms with E-state index in [1.807, 2.05) is 18.2 Å². The Morgan fingerprint density at radius 2 is 1.84 bits per heavy atom. The number of ketones is 1. The van der Waals surface area contributed by atoms with Crippen LogP contribution in [0.1, 0.15) is 27.8 Å². The molecule has 1 aromatic carbocycles. The topological polar surface area (TPSA) is 92.6 Å². The zero-order valence-corrected chi connectivity index (χ0v) is 13.5. The van der Waals surface area contributed by atoms with Crippen molar-refractivity contribution in [1.29, 1.82) is 0 Å². The van der Waals surface area contributed by atoms with Gasteiger partial charge >= 0.3 is 0 Å². The van der Waals surface area contributed by atoms with Crippen molar-refractivity contribution in [1.82, 2.24) is 14.9 Å². The number of carbonyl (C=O) groups excluding carboxylic acids is 3. The lowest BCUT2D eigenvalue weighted by molar-refractivity contribution is -0.115. The number of amides is 2. The lowest BCUT2D eigenvalue weighted by Crippen LogP contribution is -2.33. The van der Waals surface area contributed by atoms with Gasteiger partial charge in [-0.25, -0.2) is 4.52 Å². The summed E-state index contributed by atoms with van der Waals surface area (Å²) in [5.41, 5.74) is 2.16. The number of hydrogen-bond acceptors (Lipinski definition) is 4. The Kier molecular flexibility index (Phi) is 4.56. The molecule has 0 unspecified atom stereocenters. The summed E-state index contributed by atoms with van der Waals surface area (Å²) in [6.45, 7) is 1.30. The molecule has 2 N–H and O–H groups in total. The first-order valence-electron chi connectivity index (χ1n) is 7.66. The van der Waals surface area contributed by atoms with E-state index in [0.29, 0.717) is 11.3 Å². The fraction of sp³-hybridized carbons (Fsp3) is 0.111. The van der Waals surface area contributed by atoms with E-state index in [1.54, 1.807) is 41.0 Å².